The van der Waals surface area contributed by atoms with Gasteiger partial charge in [0, 0.05) is 49.9 Å². The van der Waals surface area contributed by atoms with Gasteiger partial charge in [-0.1, -0.05) is 231 Å². The second-order valence-corrected chi connectivity index (χ2v) is 21.8. The Hall–Kier alpha value is -10.7. The van der Waals surface area contributed by atoms with Gasteiger partial charge in [-0.25, -0.2) is 0 Å². The summed E-state index contributed by atoms with van der Waals surface area (Å²) in [6.45, 7) is 0. The van der Waals surface area contributed by atoms with Crippen molar-refractivity contribution in [3.8, 4) is 28.0 Å². The quantitative estimate of drug-likeness (QED) is 0.152. The first kappa shape index (κ1) is 46.3. The third-order valence-electron chi connectivity index (χ3n) is 17.4. The Balaban J connectivity index is 0.864. The number of fused-ring (bicyclic) bond motifs is 16. The monoisotopic (exact) mass is 1050 g/mol. The van der Waals surface area contributed by atoms with E-state index < -0.39 is 0 Å². The maximum Gasteiger partial charge on any atom is 0.148 e. The Morgan fingerprint density at radius 3 is 1.56 bits per heavy atom. The van der Waals surface area contributed by atoms with Crippen LogP contribution in [0.1, 0.15) is 22.6 Å². The molecule has 384 valence electrons. The number of rotatable bonds is 8. The summed E-state index contributed by atoms with van der Waals surface area (Å²) in [6.07, 6.45) is 4.36. The minimum absolute atomic E-state index is 0.0613. The Kier molecular flexibility index (Phi) is 10.4. The number of para-hydroxylation sites is 1. The van der Waals surface area contributed by atoms with Gasteiger partial charge in [0.1, 0.15) is 23.0 Å². The summed E-state index contributed by atoms with van der Waals surface area (Å²) >= 11 is 0. The summed E-state index contributed by atoms with van der Waals surface area (Å²) in [5, 5.41) is 13.9. The molecule has 1 aliphatic heterocycles. The highest BCUT2D eigenvalue weighted by Crippen LogP contribution is 2.57. The summed E-state index contributed by atoms with van der Waals surface area (Å²) in [6, 6.07) is 102. The highest BCUT2D eigenvalue weighted by Gasteiger charge is 2.41. The zero-order chi connectivity index (χ0) is 53.8. The van der Waals surface area contributed by atoms with Crippen molar-refractivity contribution < 1.29 is 9.15 Å². The van der Waals surface area contributed by atoms with Crippen LogP contribution in [0, 0.1) is 0 Å². The van der Waals surface area contributed by atoms with Crippen molar-refractivity contribution in [1.82, 2.24) is 0 Å². The Morgan fingerprint density at radius 1 is 0.329 bits per heavy atom. The van der Waals surface area contributed by atoms with Crippen LogP contribution < -0.4 is 14.5 Å². The van der Waals surface area contributed by atoms with Gasteiger partial charge in [0.05, 0.1) is 28.7 Å². The molecule has 17 rings (SSSR count). The lowest BCUT2D eigenvalue weighted by Crippen LogP contribution is -2.20. The molecule has 0 spiro atoms. The van der Waals surface area contributed by atoms with E-state index in [-0.39, 0.29) is 12.0 Å². The molecule has 14 aromatic carbocycles. The van der Waals surface area contributed by atoms with Crippen molar-refractivity contribution >= 4 is 116 Å². The second-order valence-electron chi connectivity index (χ2n) is 21.8. The van der Waals surface area contributed by atoms with Crippen LogP contribution in [0.3, 0.4) is 0 Å². The van der Waals surface area contributed by atoms with Gasteiger partial charge in [0.2, 0.25) is 0 Å². The van der Waals surface area contributed by atoms with E-state index >= 15 is 0 Å². The Morgan fingerprint density at radius 2 is 0.854 bits per heavy atom. The predicted octanol–water partition coefficient (Wildman–Crippen LogP) is 21.5. The van der Waals surface area contributed by atoms with Crippen molar-refractivity contribution in [3.05, 3.63) is 302 Å². The van der Waals surface area contributed by atoms with Gasteiger partial charge >= 0.3 is 0 Å². The van der Waals surface area contributed by atoms with Crippen LogP contribution in [0.15, 0.2) is 290 Å². The zero-order valence-electron chi connectivity index (χ0n) is 44.6. The van der Waals surface area contributed by atoms with E-state index in [1.807, 2.05) is 0 Å². The first-order valence-electron chi connectivity index (χ1n) is 28.3. The minimum atomic E-state index is -0.125. The normalized spacial score (nSPS) is 14.4. The van der Waals surface area contributed by atoms with Crippen molar-refractivity contribution in [2.45, 2.75) is 12.0 Å². The van der Waals surface area contributed by atoms with E-state index in [1.54, 1.807) is 0 Å². The van der Waals surface area contributed by atoms with E-state index in [9.17, 15) is 0 Å². The van der Waals surface area contributed by atoms with Crippen LogP contribution in [0.4, 0.5) is 34.1 Å². The third kappa shape index (κ3) is 7.11. The Labute approximate surface area is 474 Å². The molecule has 2 unspecified atom stereocenters. The molecule has 4 nitrogen and oxygen atoms in total. The van der Waals surface area contributed by atoms with Crippen LogP contribution >= 0.6 is 0 Å². The summed E-state index contributed by atoms with van der Waals surface area (Å²) in [5.74, 6) is 0.986. The molecule has 0 radical (unpaired) electrons. The van der Waals surface area contributed by atoms with Gasteiger partial charge in [0.15, 0.2) is 0 Å². The van der Waals surface area contributed by atoms with E-state index in [4.69, 9.17) is 9.15 Å². The fourth-order valence-corrected chi connectivity index (χ4v) is 13.8. The third-order valence-corrected chi connectivity index (χ3v) is 17.4. The lowest BCUT2D eigenvalue weighted by atomic mass is 9.80. The molecule has 15 aromatic rings. The van der Waals surface area contributed by atoms with Crippen LogP contribution in [0.25, 0.3) is 104 Å². The summed E-state index contributed by atoms with van der Waals surface area (Å²) in [7, 11) is 0. The van der Waals surface area contributed by atoms with Crippen LogP contribution in [0.5, 0.6) is 5.75 Å². The number of nitrogens with zero attached hydrogens (tertiary/aromatic N) is 2. The summed E-state index contributed by atoms with van der Waals surface area (Å²) < 4.78 is 14.2. The van der Waals surface area contributed by atoms with E-state index in [2.05, 4.69) is 301 Å². The van der Waals surface area contributed by atoms with E-state index in [0.29, 0.717) is 0 Å². The Bertz CT molecular complexity index is 5100. The maximum absolute atomic E-state index is 7.24. The number of anilines is 6. The molecule has 0 saturated carbocycles. The first-order chi connectivity index (χ1) is 40.7. The number of ether oxygens (including phenoxy) is 1. The standard InChI is InChI=1S/C78H50N2O2/c1-3-19-49(20-4-1)50-35-39-55(40-36-50)79(69-48-73-76(66-34-18-17-33-65(66)69)74-56-26-10-7-21-51(56)37-45-71(74)81-73)67-43-41-61(59-29-13-15-31-63(59)67)62-42-44-68(64-32-16-14-30-60(62)64)80(54-24-5-2-6-25-54)70-47-53-23-9-12-28-58(53)77-75-57-27-11-8-22-52(57)38-46-72(75)82-78(70)77/h1-48,72,75H. The first-order valence-corrected chi connectivity index (χ1v) is 28.3. The summed E-state index contributed by atoms with van der Waals surface area (Å²) in [5.41, 5.74) is 16.5. The highest BCUT2D eigenvalue weighted by molar-refractivity contribution is 6.29. The molecule has 1 aromatic heterocycles. The van der Waals surface area contributed by atoms with Crippen molar-refractivity contribution in [3.63, 3.8) is 0 Å². The van der Waals surface area contributed by atoms with Crippen molar-refractivity contribution in [1.29, 1.82) is 0 Å². The molecule has 82 heavy (non-hydrogen) atoms. The summed E-state index contributed by atoms with van der Waals surface area (Å²) in [4.78, 5) is 4.87. The lowest BCUT2D eigenvalue weighted by Gasteiger charge is -2.30. The molecule has 0 fully saturated rings. The molecular weight excluding hydrogens is 997 g/mol. The number of hydrogen-bond acceptors (Lipinski definition) is 4. The zero-order valence-corrected chi connectivity index (χ0v) is 44.6. The molecule has 4 heteroatoms. The van der Waals surface area contributed by atoms with Gasteiger partial charge in [-0.15, -0.1) is 0 Å². The fourth-order valence-electron chi connectivity index (χ4n) is 13.8. The van der Waals surface area contributed by atoms with Gasteiger partial charge in [-0.2, -0.15) is 0 Å². The topological polar surface area (TPSA) is 28.9 Å². The number of furan rings is 1. The van der Waals surface area contributed by atoms with E-state index in [0.717, 1.165) is 111 Å². The van der Waals surface area contributed by atoms with Crippen LogP contribution in [-0.2, 0) is 0 Å². The molecule has 2 aliphatic rings. The highest BCUT2D eigenvalue weighted by atomic mass is 16.5. The fraction of sp³-hybridized carbons (Fsp3) is 0.0256. The average Bonchev–Trinajstić information content (AvgIpc) is 2.29. The van der Waals surface area contributed by atoms with Gasteiger partial charge in [-0.3, -0.25) is 0 Å². The molecule has 2 atom stereocenters. The van der Waals surface area contributed by atoms with Gasteiger partial charge < -0.3 is 19.0 Å². The SMILES string of the molecule is C1=CC2Oc3c(N(c4ccccc4)c4ccc(-c5ccc(N(c6ccc(-c7ccccc7)cc6)c6cc7oc8ccc9ccccc9c8c7c7ccccc67)c6ccccc56)c5ccccc45)cc4ccccc4c3C2c2ccccc21. The average molecular weight is 1050 g/mol. The van der Waals surface area contributed by atoms with Crippen LogP contribution in [-0.4, -0.2) is 6.10 Å². The molecular formula is C78H50N2O2. The van der Waals surface area contributed by atoms with Crippen LogP contribution in [0.2, 0.25) is 0 Å². The molecule has 0 saturated heterocycles. The molecule has 0 amide bonds. The van der Waals surface area contributed by atoms with Gasteiger partial charge in [-0.05, 0) is 126 Å². The van der Waals surface area contributed by atoms with Crippen molar-refractivity contribution in [2.24, 2.45) is 0 Å². The minimum Gasteiger partial charge on any atom is -0.483 e. The molecule has 0 N–H and O–H groups in total. The molecule has 1 aliphatic carbocycles. The number of hydrogen-bond donors (Lipinski definition) is 0. The smallest absolute Gasteiger partial charge is 0.148 e. The van der Waals surface area contributed by atoms with Crippen molar-refractivity contribution in [2.75, 3.05) is 9.80 Å². The maximum atomic E-state index is 7.24. The number of benzene rings is 14. The lowest BCUT2D eigenvalue weighted by molar-refractivity contribution is 0.268. The molecule has 2 heterocycles. The molecule has 0 bridgehead atoms. The predicted molar refractivity (Wildman–Crippen MR) is 343 cm³/mol. The largest absolute Gasteiger partial charge is 0.483 e. The second kappa shape index (κ2) is 18.5. The van der Waals surface area contributed by atoms with E-state index in [1.165, 1.54) is 43.8 Å². The van der Waals surface area contributed by atoms with Gasteiger partial charge in [0.25, 0.3) is 0 Å².